The predicted octanol–water partition coefficient (Wildman–Crippen LogP) is 1.71. The first-order chi connectivity index (χ1) is 7.25. The summed E-state index contributed by atoms with van der Waals surface area (Å²) in [7, 11) is 0. The van der Waals surface area contributed by atoms with Gasteiger partial charge in [-0.15, -0.1) is 0 Å². The lowest BCUT2D eigenvalue weighted by molar-refractivity contribution is 0.102. The quantitative estimate of drug-likeness (QED) is 0.760. The van der Waals surface area contributed by atoms with E-state index in [2.05, 4.69) is 20.5 Å². The molecule has 6 heteroatoms. The Hall–Kier alpha value is -1.88. The maximum Gasteiger partial charge on any atom is 0.274 e. The van der Waals surface area contributed by atoms with Crippen LogP contribution >= 0.6 is 11.6 Å². The number of carbonyl (C=O) groups excluding carboxylic acids is 1. The molecule has 5 nitrogen and oxygen atoms in total. The lowest BCUT2D eigenvalue weighted by atomic mass is 10.4. The van der Waals surface area contributed by atoms with Crippen molar-refractivity contribution in [2.75, 3.05) is 5.32 Å². The molecular weight excluding hydrogens is 216 g/mol. The number of hydrogen-bond acceptors (Lipinski definition) is 3. The zero-order valence-corrected chi connectivity index (χ0v) is 8.32. The number of amides is 1. The Kier molecular flexibility index (Phi) is 2.64. The third-order valence-corrected chi connectivity index (χ3v) is 1.91. The molecule has 2 aromatic heterocycles. The SMILES string of the molecule is O=C(Nc1cccc(Cl)n1)c1ccn[nH]1. The molecule has 0 unspecified atom stereocenters. The van der Waals surface area contributed by atoms with Crippen molar-refractivity contribution in [2.24, 2.45) is 0 Å². The number of anilines is 1. The van der Waals surface area contributed by atoms with Crippen LogP contribution in [0.1, 0.15) is 10.5 Å². The van der Waals surface area contributed by atoms with Crippen molar-refractivity contribution >= 4 is 23.3 Å². The smallest absolute Gasteiger partial charge is 0.274 e. The third-order valence-electron chi connectivity index (χ3n) is 1.70. The summed E-state index contributed by atoms with van der Waals surface area (Å²) in [5.41, 5.74) is 0.372. The number of nitrogens with zero attached hydrogens (tertiary/aromatic N) is 2. The minimum atomic E-state index is -0.303. The van der Waals surface area contributed by atoms with Crippen LogP contribution in [-0.2, 0) is 0 Å². The zero-order valence-electron chi connectivity index (χ0n) is 7.57. The molecule has 2 heterocycles. The molecular formula is C9H7ClN4O. The van der Waals surface area contributed by atoms with Crippen molar-refractivity contribution in [1.82, 2.24) is 15.2 Å². The predicted molar refractivity (Wildman–Crippen MR) is 55.8 cm³/mol. The van der Waals surface area contributed by atoms with E-state index < -0.39 is 0 Å². The summed E-state index contributed by atoms with van der Waals surface area (Å²) < 4.78 is 0. The van der Waals surface area contributed by atoms with E-state index in [9.17, 15) is 4.79 Å². The molecule has 76 valence electrons. The van der Waals surface area contributed by atoms with Gasteiger partial charge in [0, 0.05) is 6.20 Å². The third kappa shape index (κ3) is 2.32. The Morgan fingerprint density at radius 3 is 2.93 bits per heavy atom. The standard InChI is InChI=1S/C9H7ClN4O/c10-7-2-1-3-8(12-7)13-9(15)6-4-5-11-14-6/h1-5H,(H,11,14)(H,12,13,15). The van der Waals surface area contributed by atoms with Crippen LogP contribution in [0.2, 0.25) is 5.15 Å². The van der Waals surface area contributed by atoms with Crippen molar-refractivity contribution < 1.29 is 4.79 Å². The Balaban J connectivity index is 2.13. The van der Waals surface area contributed by atoms with Gasteiger partial charge >= 0.3 is 0 Å². The summed E-state index contributed by atoms with van der Waals surface area (Å²) in [5.74, 6) is 0.101. The van der Waals surface area contributed by atoms with Crippen LogP contribution in [-0.4, -0.2) is 21.1 Å². The highest BCUT2D eigenvalue weighted by Gasteiger charge is 2.07. The van der Waals surface area contributed by atoms with Gasteiger partial charge in [-0.2, -0.15) is 5.10 Å². The van der Waals surface area contributed by atoms with Crippen molar-refractivity contribution in [1.29, 1.82) is 0 Å². The maximum atomic E-state index is 11.5. The fourth-order valence-electron chi connectivity index (χ4n) is 1.04. The number of halogens is 1. The van der Waals surface area contributed by atoms with Crippen molar-refractivity contribution in [3.8, 4) is 0 Å². The summed E-state index contributed by atoms with van der Waals surface area (Å²) >= 11 is 5.67. The van der Waals surface area contributed by atoms with Gasteiger partial charge in [-0.3, -0.25) is 9.89 Å². The second-order valence-electron chi connectivity index (χ2n) is 2.77. The minimum absolute atomic E-state index is 0.303. The van der Waals surface area contributed by atoms with E-state index in [1.54, 1.807) is 24.3 Å². The summed E-state index contributed by atoms with van der Waals surface area (Å²) in [4.78, 5) is 15.4. The Labute approximate surface area is 90.5 Å². The van der Waals surface area contributed by atoms with E-state index >= 15 is 0 Å². The number of rotatable bonds is 2. The van der Waals surface area contributed by atoms with Crippen molar-refractivity contribution in [3.05, 3.63) is 41.3 Å². The molecule has 2 N–H and O–H groups in total. The number of carbonyl (C=O) groups is 1. The van der Waals surface area contributed by atoms with Crippen LogP contribution in [0.4, 0.5) is 5.82 Å². The van der Waals surface area contributed by atoms with E-state index in [1.165, 1.54) is 6.20 Å². The van der Waals surface area contributed by atoms with Gasteiger partial charge in [0.2, 0.25) is 0 Å². The van der Waals surface area contributed by atoms with E-state index in [-0.39, 0.29) is 5.91 Å². The van der Waals surface area contributed by atoms with E-state index in [0.29, 0.717) is 16.7 Å². The first-order valence-electron chi connectivity index (χ1n) is 4.19. The van der Waals surface area contributed by atoms with Gasteiger partial charge in [0.15, 0.2) is 0 Å². The number of pyridine rings is 1. The largest absolute Gasteiger partial charge is 0.305 e. The monoisotopic (exact) mass is 222 g/mol. The normalized spacial score (nSPS) is 9.93. The lowest BCUT2D eigenvalue weighted by Gasteiger charge is -2.01. The highest BCUT2D eigenvalue weighted by Crippen LogP contribution is 2.09. The second kappa shape index (κ2) is 4.10. The molecule has 0 atom stereocenters. The summed E-state index contributed by atoms with van der Waals surface area (Å²) in [6.45, 7) is 0. The first kappa shape index (κ1) is 9.67. The van der Waals surface area contributed by atoms with Gasteiger partial charge in [-0.1, -0.05) is 17.7 Å². The Morgan fingerprint density at radius 2 is 2.27 bits per heavy atom. The molecule has 0 saturated heterocycles. The van der Waals surface area contributed by atoms with E-state index in [1.807, 2.05) is 0 Å². The van der Waals surface area contributed by atoms with Crippen molar-refractivity contribution in [2.45, 2.75) is 0 Å². The topological polar surface area (TPSA) is 70.7 Å². The summed E-state index contributed by atoms with van der Waals surface area (Å²) in [6, 6.07) is 6.56. The molecule has 0 aromatic carbocycles. The Bertz CT molecular complexity index is 469. The Morgan fingerprint density at radius 1 is 1.40 bits per heavy atom. The number of H-pyrrole nitrogens is 1. The van der Waals surface area contributed by atoms with Gasteiger partial charge < -0.3 is 5.32 Å². The van der Waals surface area contributed by atoms with Crippen molar-refractivity contribution in [3.63, 3.8) is 0 Å². The van der Waals surface area contributed by atoms with Gasteiger partial charge in [0.05, 0.1) is 0 Å². The molecule has 0 fully saturated rings. The van der Waals surface area contributed by atoms with Crippen LogP contribution in [0.15, 0.2) is 30.5 Å². The van der Waals surface area contributed by atoms with Gasteiger partial charge in [0.25, 0.3) is 5.91 Å². The average Bonchev–Trinajstić information content (AvgIpc) is 2.70. The van der Waals surface area contributed by atoms with Crippen LogP contribution in [0.3, 0.4) is 0 Å². The second-order valence-corrected chi connectivity index (χ2v) is 3.16. The number of nitrogens with one attached hydrogen (secondary N) is 2. The zero-order chi connectivity index (χ0) is 10.7. The van der Waals surface area contributed by atoms with Gasteiger partial charge in [0.1, 0.15) is 16.7 Å². The van der Waals surface area contributed by atoms with Gasteiger partial charge in [-0.25, -0.2) is 4.98 Å². The van der Waals surface area contributed by atoms with E-state index in [4.69, 9.17) is 11.6 Å². The molecule has 0 radical (unpaired) electrons. The molecule has 0 saturated carbocycles. The highest BCUT2D eigenvalue weighted by molar-refractivity contribution is 6.29. The van der Waals surface area contributed by atoms with Gasteiger partial charge in [-0.05, 0) is 18.2 Å². The number of aromatic amines is 1. The van der Waals surface area contributed by atoms with Crippen LogP contribution in [0.5, 0.6) is 0 Å². The molecule has 2 aromatic rings. The summed E-state index contributed by atoms with van der Waals surface area (Å²) in [6.07, 6.45) is 1.50. The maximum absolute atomic E-state index is 11.5. The molecule has 15 heavy (non-hydrogen) atoms. The average molecular weight is 223 g/mol. The number of hydrogen-bond donors (Lipinski definition) is 2. The van der Waals surface area contributed by atoms with Crippen LogP contribution in [0, 0.1) is 0 Å². The molecule has 0 aliphatic rings. The molecule has 0 aliphatic heterocycles. The highest BCUT2D eigenvalue weighted by atomic mass is 35.5. The molecule has 0 spiro atoms. The molecule has 0 aliphatic carbocycles. The fraction of sp³-hybridized carbons (Fsp3) is 0. The molecule has 0 bridgehead atoms. The summed E-state index contributed by atoms with van der Waals surface area (Å²) in [5, 5.41) is 9.13. The number of aromatic nitrogens is 3. The lowest BCUT2D eigenvalue weighted by Crippen LogP contribution is -2.13. The molecule has 2 rings (SSSR count). The van der Waals surface area contributed by atoms with Crippen LogP contribution < -0.4 is 5.32 Å². The van der Waals surface area contributed by atoms with Crippen LogP contribution in [0.25, 0.3) is 0 Å². The molecule has 1 amide bonds. The first-order valence-corrected chi connectivity index (χ1v) is 4.57. The fourth-order valence-corrected chi connectivity index (χ4v) is 1.21. The van der Waals surface area contributed by atoms with E-state index in [0.717, 1.165) is 0 Å². The minimum Gasteiger partial charge on any atom is -0.305 e.